The Morgan fingerprint density at radius 3 is 2.53 bits per heavy atom. The first kappa shape index (κ1) is 29.1. The number of hydrogen-bond acceptors (Lipinski definition) is 6. The van der Waals surface area contributed by atoms with Crippen molar-refractivity contribution in [3.8, 4) is 11.8 Å². The van der Waals surface area contributed by atoms with Crippen LogP contribution in [-0.4, -0.2) is 42.5 Å². The van der Waals surface area contributed by atoms with Crippen molar-refractivity contribution in [1.29, 1.82) is 5.26 Å². The van der Waals surface area contributed by atoms with Crippen molar-refractivity contribution in [2.75, 3.05) is 19.8 Å². The van der Waals surface area contributed by atoms with Crippen molar-refractivity contribution in [2.45, 2.75) is 51.7 Å². The molecule has 7 heteroatoms. The summed E-state index contributed by atoms with van der Waals surface area (Å²) in [7, 11) is 0. The summed E-state index contributed by atoms with van der Waals surface area (Å²) >= 11 is 0. The van der Waals surface area contributed by atoms with Gasteiger partial charge in [-0.15, -0.1) is 12.4 Å². The lowest BCUT2D eigenvalue weighted by molar-refractivity contribution is -0.143. The molecule has 0 fully saturated rings. The van der Waals surface area contributed by atoms with Crippen LogP contribution in [0.5, 0.6) is 5.75 Å². The zero-order chi connectivity index (χ0) is 25.3. The van der Waals surface area contributed by atoms with E-state index >= 15 is 0 Å². The molecule has 1 atom stereocenters. The number of aliphatic hydroxyl groups is 1. The third-order valence-electron chi connectivity index (χ3n) is 5.79. The van der Waals surface area contributed by atoms with Crippen molar-refractivity contribution >= 4 is 29.1 Å². The van der Waals surface area contributed by atoms with Gasteiger partial charge in [-0.25, -0.2) is 0 Å². The molecule has 3 aromatic rings. The Kier molecular flexibility index (Phi) is 11.2. The highest BCUT2D eigenvalue weighted by Gasteiger charge is 2.20. The minimum absolute atomic E-state index is 0. The molecule has 192 valence electrons. The Labute approximate surface area is 219 Å². The van der Waals surface area contributed by atoms with Gasteiger partial charge >= 0.3 is 5.97 Å². The van der Waals surface area contributed by atoms with Crippen molar-refractivity contribution in [3.63, 3.8) is 0 Å². The number of benzene rings is 3. The van der Waals surface area contributed by atoms with Crippen molar-refractivity contribution in [1.82, 2.24) is 5.32 Å². The zero-order valence-electron chi connectivity index (χ0n) is 21.1. The number of fused-ring (bicyclic) bond motifs is 1. The molecule has 0 amide bonds. The lowest BCUT2D eigenvalue weighted by atomic mass is 9.93. The second-order valence-electron chi connectivity index (χ2n) is 9.34. The van der Waals surface area contributed by atoms with Gasteiger partial charge in [-0.2, -0.15) is 5.26 Å². The number of ether oxygens (including phenoxy) is 2. The SMILES string of the molecule is CCOC(=O)CCc1ccc(OC[C@H](O)CNC(C)(C)Cc2ccc3ccccc3c2)c(C#N)c1.Cl. The fraction of sp³-hybridized carbons (Fsp3) is 0.379. The van der Waals surface area contributed by atoms with Gasteiger partial charge in [0.25, 0.3) is 0 Å². The fourth-order valence-electron chi connectivity index (χ4n) is 3.99. The summed E-state index contributed by atoms with van der Waals surface area (Å²) < 4.78 is 10.7. The van der Waals surface area contributed by atoms with Crippen LogP contribution in [0.4, 0.5) is 0 Å². The maximum absolute atomic E-state index is 11.6. The summed E-state index contributed by atoms with van der Waals surface area (Å²) in [5.74, 6) is 0.160. The van der Waals surface area contributed by atoms with E-state index in [1.807, 2.05) is 18.2 Å². The lowest BCUT2D eigenvalue weighted by Crippen LogP contribution is -2.46. The topological polar surface area (TPSA) is 91.6 Å². The highest BCUT2D eigenvalue weighted by Crippen LogP contribution is 2.22. The molecule has 0 aromatic heterocycles. The molecule has 0 aliphatic heterocycles. The zero-order valence-corrected chi connectivity index (χ0v) is 21.9. The van der Waals surface area contributed by atoms with Crippen LogP contribution in [0.15, 0.2) is 60.7 Å². The Balaban J connectivity index is 0.00000456. The largest absolute Gasteiger partial charge is 0.489 e. The molecule has 0 bridgehead atoms. The van der Waals surface area contributed by atoms with Crippen LogP contribution in [0.2, 0.25) is 0 Å². The van der Waals surface area contributed by atoms with E-state index in [0.29, 0.717) is 30.9 Å². The van der Waals surface area contributed by atoms with Crippen LogP contribution >= 0.6 is 12.4 Å². The van der Waals surface area contributed by atoms with Gasteiger partial charge in [-0.3, -0.25) is 4.79 Å². The molecule has 0 saturated carbocycles. The summed E-state index contributed by atoms with van der Waals surface area (Å²) in [5.41, 5.74) is 2.25. The number of rotatable bonds is 12. The number of carbonyl (C=O) groups is 1. The van der Waals surface area contributed by atoms with E-state index in [0.717, 1.165) is 12.0 Å². The molecule has 0 unspecified atom stereocenters. The maximum Gasteiger partial charge on any atom is 0.306 e. The highest BCUT2D eigenvalue weighted by molar-refractivity contribution is 5.85. The Morgan fingerprint density at radius 2 is 1.81 bits per heavy atom. The molecule has 0 saturated heterocycles. The Morgan fingerprint density at radius 1 is 1.08 bits per heavy atom. The quantitative estimate of drug-likeness (QED) is 0.334. The molecule has 0 radical (unpaired) electrons. The van der Waals surface area contributed by atoms with Crippen LogP contribution in [0.1, 0.15) is 43.9 Å². The van der Waals surface area contributed by atoms with Crippen LogP contribution < -0.4 is 10.1 Å². The normalized spacial score (nSPS) is 11.9. The number of aryl methyl sites for hydroxylation is 1. The van der Waals surface area contributed by atoms with E-state index in [4.69, 9.17) is 9.47 Å². The minimum Gasteiger partial charge on any atom is -0.489 e. The molecule has 3 aromatic carbocycles. The maximum atomic E-state index is 11.6. The average molecular weight is 511 g/mol. The molecule has 0 heterocycles. The first-order valence-corrected chi connectivity index (χ1v) is 12.0. The molecule has 2 N–H and O–H groups in total. The monoisotopic (exact) mass is 510 g/mol. The molecular weight excluding hydrogens is 476 g/mol. The van der Waals surface area contributed by atoms with Gasteiger partial charge in [0.15, 0.2) is 0 Å². The number of β-amino-alcohol motifs (C(OH)–C–C–N with tert-alkyl or cyclic N) is 1. The third-order valence-corrected chi connectivity index (χ3v) is 5.79. The van der Waals surface area contributed by atoms with Gasteiger partial charge in [-0.1, -0.05) is 48.5 Å². The van der Waals surface area contributed by atoms with Crippen LogP contribution in [-0.2, 0) is 22.4 Å². The summed E-state index contributed by atoms with van der Waals surface area (Å²) in [6.07, 6.45) is 0.836. The molecule has 0 spiro atoms. The van der Waals surface area contributed by atoms with Crippen molar-refractivity contribution in [3.05, 3.63) is 77.4 Å². The fourth-order valence-corrected chi connectivity index (χ4v) is 3.99. The molecule has 36 heavy (non-hydrogen) atoms. The van der Waals surface area contributed by atoms with Crippen molar-refractivity contribution in [2.24, 2.45) is 0 Å². The highest BCUT2D eigenvalue weighted by atomic mass is 35.5. The van der Waals surface area contributed by atoms with E-state index in [-0.39, 0.29) is 36.9 Å². The lowest BCUT2D eigenvalue weighted by Gasteiger charge is -2.28. The number of esters is 1. The number of halogens is 1. The number of carbonyl (C=O) groups excluding carboxylic acids is 1. The minimum atomic E-state index is -0.735. The van der Waals surface area contributed by atoms with E-state index < -0.39 is 6.10 Å². The second kappa shape index (κ2) is 13.8. The Hall–Kier alpha value is -3.11. The molecule has 6 nitrogen and oxygen atoms in total. The van der Waals surface area contributed by atoms with Crippen molar-refractivity contribution < 1.29 is 19.4 Å². The Bertz CT molecular complexity index is 1190. The number of hydrogen-bond donors (Lipinski definition) is 2. The number of aliphatic hydroxyl groups excluding tert-OH is 1. The second-order valence-corrected chi connectivity index (χ2v) is 9.34. The van der Waals surface area contributed by atoms with Gasteiger partial charge < -0.3 is 19.9 Å². The van der Waals surface area contributed by atoms with Gasteiger partial charge in [0.05, 0.1) is 12.2 Å². The van der Waals surface area contributed by atoms with Gasteiger partial charge in [-0.05, 0) is 67.6 Å². The van der Waals surface area contributed by atoms with E-state index in [9.17, 15) is 15.2 Å². The smallest absolute Gasteiger partial charge is 0.306 e. The van der Waals surface area contributed by atoms with Crippen LogP contribution in [0.3, 0.4) is 0 Å². The van der Waals surface area contributed by atoms with Gasteiger partial charge in [0.1, 0.15) is 24.5 Å². The first-order chi connectivity index (χ1) is 16.8. The predicted octanol–water partition coefficient (Wildman–Crippen LogP) is 4.98. The number of nitriles is 1. The molecule has 0 aliphatic carbocycles. The number of nitrogens with one attached hydrogen (secondary N) is 1. The third kappa shape index (κ3) is 8.83. The van der Waals surface area contributed by atoms with E-state index in [1.165, 1.54) is 16.3 Å². The molecule has 3 rings (SSSR count). The van der Waals surface area contributed by atoms with E-state index in [1.54, 1.807) is 19.1 Å². The molecule has 0 aliphatic rings. The van der Waals surface area contributed by atoms with Crippen LogP contribution in [0, 0.1) is 11.3 Å². The summed E-state index contributed by atoms with van der Waals surface area (Å²) in [5, 5.41) is 25.8. The number of nitrogens with zero attached hydrogens (tertiary/aromatic N) is 1. The average Bonchev–Trinajstić information content (AvgIpc) is 2.85. The summed E-state index contributed by atoms with van der Waals surface area (Å²) in [6.45, 7) is 6.77. The molecular formula is C29H35ClN2O4. The van der Waals surface area contributed by atoms with Crippen LogP contribution in [0.25, 0.3) is 10.8 Å². The summed E-state index contributed by atoms with van der Waals surface area (Å²) in [6, 6.07) is 22.2. The first-order valence-electron chi connectivity index (χ1n) is 12.0. The van der Waals surface area contributed by atoms with Gasteiger partial charge in [0, 0.05) is 18.5 Å². The van der Waals surface area contributed by atoms with E-state index in [2.05, 4.69) is 55.6 Å². The van der Waals surface area contributed by atoms with Gasteiger partial charge in [0.2, 0.25) is 0 Å². The standard InChI is InChI=1S/C29H34N2O4.ClH/c1-4-34-28(33)14-11-21-10-13-27(25(15-21)18-30)35-20-26(32)19-31-29(2,3)17-22-9-12-23-7-5-6-8-24(23)16-22;/h5-10,12-13,15-16,26,31-32H,4,11,14,17,19-20H2,1-3H3;1H/t26-;/m1./s1. The predicted molar refractivity (Wildman–Crippen MR) is 145 cm³/mol. The summed E-state index contributed by atoms with van der Waals surface area (Å²) in [4.78, 5) is 11.6.